The lowest BCUT2D eigenvalue weighted by atomic mass is 10.0. The van der Waals surface area contributed by atoms with Gasteiger partial charge in [0.25, 0.3) is 0 Å². The lowest BCUT2D eigenvalue weighted by molar-refractivity contribution is -0.128. The molecule has 1 amide bonds. The number of likely N-dealkylation sites (N-methyl/N-ethyl adjacent to an activating group) is 1. The number of nitriles is 1. The Balaban J connectivity index is 1.21. The van der Waals surface area contributed by atoms with Crippen molar-refractivity contribution in [3.05, 3.63) is 60.3 Å². The smallest absolute Gasteiger partial charge is 0.318 e. The Morgan fingerprint density at radius 1 is 1.06 bits per heavy atom. The van der Waals surface area contributed by atoms with E-state index in [1.165, 1.54) is 6.08 Å². The van der Waals surface area contributed by atoms with Crippen LogP contribution in [0.3, 0.4) is 0 Å². The van der Waals surface area contributed by atoms with Gasteiger partial charge in [0.05, 0.1) is 36.3 Å². The number of benzene rings is 2. The van der Waals surface area contributed by atoms with Gasteiger partial charge in [-0.3, -0.25) is 9.69 Å². The van der Waals surface area contributed by atoms with E-state index in [2.05, 4.69) is 63.6 Å². The molecule has 3 aromatic rings. The van der Waals surface area contributed by atoms with Crippen molar-refractivity contribution in [3.8, 4) is 17.8 Å². The highest BCUT2D eigenvalue weighted by Crippen LogP contribution is 2.43. The molecule has 1 aromatic heterocycles. The summed E-state index contributed by atoms with van der Waals surface area (Å²) in [6.45, 7) is 11.6. The van der Waals surface area contributed by atoms with Crippen LogP contribution in [-0.4, -0.2) is 122 Å². The summed E-state index contributed by atoms with van der Waals surface area (Å²) in [6.07, 6.45) is 4.54. The second-order valence-electron chi connectivity index (χ2n) is 13.6. The minimum Gasteiger partial charge on any atom is -0.467 e. The monoisotopic (exact) mass is 666 g/mol. The molecule has 0 unspecified atom stereocenters. The average molecular weight is 667 g/mol. The molecule has 49 heavy (non-hydrogen) atoms. The van der Waals surface area contributed by atoms with Crippen LogP contribution in [-0.2, 0) is 22.5 Å². The molecule has 2 aromatic carbocycles. The van der Waals surface area contributed by atoms with Crippen LogP contribution >= 0.6 is 0 Å². The fraction of sp³-hybridized carbons (Fsp3) is 0.514. The molecular weight excluding hydrogens is 620 g/mol. The maximum atomic E-state index is 12.7. The van der Waals surface area contributed by atoms with E-state index in [0.717, 1.165) is 91.3 Å². The van der Waals surface area contributed by atoms with Gasteiger partial charge in [-0.25, -0.2) is 0 Å². The van der Waals surface area contributed by atoms with Gasteiger partial charge in [-0.05, 0) is 43.8 Å². The summed E-state index contributed by atoms with van der Waals surface area (Å²) in [5.41, 5.74) is 3.15. The number of nitrogens with zero attached hydrogens (tertiary/aromatic N) is 8. The predicted octanol–water partition coefficient (Wildman–Crippen LogP) is 3.45. The molecule has 3 fully saturated rings. The molecule has 1 saturated carbocycles. The summed E-state index contributed by atoms with van der Waals surface area (Å²) >= 11 is 0. The van der Waals surface area contributed by atoms with E-state index < -0.39 is 0 Å². The van der Waals surface area contributed by atoms with Gasteiger partial charge in [-0.2, -0.15) is 15.2 Å². The molecule has 0 radical (unpaired) electrons. The van der Waals surface area contributed by atoms with Gasteiger partial charge in [0, 0.05) is 82.2 Å². The van der Waals surface area contributed by atoms with Crippen LogP contribution in [0.2, 0.25) is 0 Å². The second kappa shape index (κ2) is 14.2. The van der Waals surface area contributed by atoms with E-state index >= 15 is 0 Å². The number of amides is 1. The van der Waals surface area contributed by atoms with E-state index in [1.54, 1.807) is 12.0 Å². The first-order valence-electron chi connectivity index (χ1n) is 17.3. The quantitative estimate of drug-likeness (QED) is 0.222. The van der Waals surface area contributed by atoms with Crippen LogP contribution in [0, 0.1) is 11.3 Å². The molecule has 2 saturated heterocycles. The first-order valence-corrected chi connectivity index (χ1v) is 17.3. The van der Waals surface area contributed by atoms with Crippen LogP contribution in [0.15, 0.2) is 49.1 Å². The first-order chi connectivity index (χ1) is 23.9. The highest BCUT2D eigenvalue weighted by atomic mass is 16.7. The van der Waals surface area contributed by atoms with Gasteiger partial charge < -0.3 is 33.8 Å². The van der Waals surface area contributed by atoms with Gasteiger partial charge in [-0.1, -0.05) is 30.8 Å². The predicted molar refractivity (Wildman–Crippen MR) is 188 cm³/mol. The average Bonchev–Trinajstić information content (AvgIpc) is 3.93. The first kappa shape index (κ1) is 33.1. The Morgan fingerprint density at radius 3 is 2.63 bits per heavy atom. The molecule has 4 heterocycles. The number of carbonyl (C=O) groups is 1. The van der Waals surface area contributed by atoms with Gasteiger partial charge in [0.2, 0.25) is 5.91 Å². The topological polar surface area (TPSA) is 111 Å². The number of hydrogen-bond acceptors (Lipinski definition) is 11. The summed E-state index contributed by atoms with van der Waals surface area (Å²) < 4.78 is 17.7. The van der Waals surface area contributed by atoms with Crippen molar-refractivity contribution in [1.82, 2.24) is 24.7 Å². The van der Waals surface area contributed by atoms with Crippen molar-refractivity contribution < 1.29 is 19.0 Å². The number of fused-ring (bicyclic) bond motifs is 2. The van der Waals surface area contributed by atoms with Crippen LogP contribution in [0.4, 0.5) is 11.5 Å². The third kappa shape index (κ3) is 6.88. The number of aromatic nitrogens is 2. The SMILES string of the molecule is C=CC(=O)N1CCN(c2nc(OCC3(N4CCN(C)CC4)CC3)nc3c2CCN(c2cc(OCOC)cc4ccccc24)C3)C[C@@H]1CC#N. The summed E-state index contributed by atoms with van der Waals surface area (Å²) in [5.74, 6) is 1.45. The third-order valence-corrected chi connectivity index (χ3v) is 10.6. The summed E-state index contributed by atoms with van der Waals surface area (Å²) in [7, 11) is 3.80. The zero-order chi connectivity index (χ0) is 34.0. The molecule has 0 N–H and O–H groups in total. The number of rotatable bonds is 11. The van der Waals surface area contributed by atoms with Crippen LogP contribution in [0.25, 0.3) is 10.8 Å². The van der Waals surface area contributed by atoms with Crippen LogP contribution < -0.4 is 19.3 Å². The number of anilines is 2. The third-order valence-electron chi connectivity index (χ3n) is 10.6. The Hall–Kier alpha value is -4.44. The minimum absolute atomic E-state index is 0.0445. The van der Waals surface area contributed by atoms with E-state index in [9.17, 15) is 10.1 Å². The normalized spacial score (nSPS) is 20.8. The zero-order valence-corrected chi connectivity index (χ0v) is 28.6. The van der Waals surface area contributed by atoms with E-state index in [-0.39, 0.29) is 30.7 Å². The second-order valence-corrected chi connectivity index (χ2v) is 13.6. The number of hydrogen-bond donors (Lipinski definition) is 0. The van der Waals surface area contributed by atoms with Crippen molar-refractivity contribution in [3.63, 3.8) is 0 Å². The Labute approximate surface area is 288 Å². The van der Waals surface area contributed by atoms with Crippen LogP contribution in [0.1, 0.15) is 30.5 Å². The van der Waals surface area contributed by atoms with E-state index in [1.807, 2.05) is 12.1 Å². The molecule has 12 heteroatoms. The summed E-state index contributed by atoms with van der Waals surface area (Å²) in [5, 5.41) is 11.9. The molecule has 258 valence electrons. The molecule has 0 spiro atoms. The number of ether oxygens (including phenoxy) is 3. The molecule has 12 nitrogen and oxygen atoms in total. The highest BCUT2D eigenvalue weighted by molar-refractivity contribution is 5.96. The fourth-order valence-electron chi connectivity index (χ4n) is 7.57. The number of piperazine rings is 2. The van der Waals surface area contributed by atoms with Gasteiger partial charge in [0.15, 0.2) is 6.79 Å². The summed E-state index contributed by atoms with van der Waals surface area (Å²) in [4.78, 5) is 34.1. The van der Waals surface area contributed by atoms with Crippen molar-refractivity contribution in [2.45, 2.75) is 43.8 Å². The maximum absolute atomic E-state index is 12.7. The van der Waals surface area contributed by atoms with Crippen molar-refractivity contribution in [1.29, 1.82) is 5.26 Å². The van der Waals surface area contributed by atoms with E-state index in [0.29, 0.717) is 38.8 Å². The molecule has 1 atom stereocenters. The fourth-order valence-corrected chi connectivity index (χ4v) is 7.57. The number of methoxy groups -OCH3 is 1. The maximum Gasteiger partial charge on any atom is 0.318 e. The molecule has 4 aliphatic rings. The van der Waals surface area contributed by atoms with E-state index in [4.69, 9.17) is 24.2 Å². The highest BCUT2D eigenvalue weighted by Gasteiger charge is 2.49. The molecule has 3 aliphatic heterocycles. The van der Waals surface area contributed by atoms with Gasteiger partial charge >= 0.3 is 6.01 Å². The van der Waals surface area contributed by atoms with Crippen molar-refractivity contribution in [2.24, 2.45) is 0 Å². The molecule has 7 rings (SSSR count). The Kier molecular flexibility index (Phi) is 9.58. The largest absolute Gasteiger partial charge is 0.467 e. The van der Waals surface area contributed by atoms with Gasteiger partial charge in [0.1, 0.15) is 18.2 Å². The van der Waals surface area contributed by atoms with Crippen molar-refractivity contribution in [2.75, 3.05) is 89.7 Å². The Morgan fingerprint density at radius 2 is 1.88 bits per heavy atom. The number of carbonyl (C=O) groups excluding carboxylic acids is 1. The van der Waals surface area contributed by atoms with Crippen molar-refractivity contribution >= 4 is 28.2 Å². The standard InChI is InChI=1S/C37H46N8O4/c1-4-34(46)45-20-17-43(23-28(45)9-13-38)35-31-10-14-42(33-22-29(49-26-47-3)21-27-7-5-6-8-30(27)33)24-32(31)39-36(40-35)48-25-37(11-12-37)44-18-15-41(2)16-19-44/h4-8,21-22,28H,1,9-12,14-20,23-26H2,2-3H3/t28-/m0/s1. The lowest BCUT2D eigenvalue weighted by Gasteiger charge is -2.42. The minimum atomic E-state index is -0.257. The van der Waals surface area contributed by atoms with Crippen LogP contribution in [0.5, 0.6) is 11.8 Å². The lowest BCUT2D eigenvalue weighted by Crippen LogP contribution is -2.55. The molecular formula is C37H46N8O4. The molecule has 1 aliphatic carbocycles. The van der Waals surface area contributed by atoms with Gasteiger partial charge in [-0.15, -0.1) is 0 Å². The summed E-state index contributed by atoms with van der Waals surface area (Å²) in [6, 6.07) is 14.9. The Bertz CT molecular complexity index is 1730. The molecule has 0 bridgehead atoms. The zero-order valence-electron chi connectivity index (χ0n) is 28.6.